The number of unbranched alkanes of at least 4 members (excludes halogenated alkanes) is 8. The molecule has 0 heterocycles. The second-order valence-corrected chi connectivity index (χ2v) is 11.6. The number of nitrogens with zero attached hydrogens (tertiary/aromatic N) is 1. The Morgan fingerprint density at radius 3 is 2.11 bits per heavy atom. The van der Waals surface area contributed by atoms with Crippen LogP contribution in [0.1, 0.15) is 118 Å². The Morgan fingerprint density at radius 2 is 1.54 bits per heavy atom. The number of halogens is 1. The zero-order valence-electron chi connectivity index (χ0n) is 23.9. The maximum absolute atomic E-state index is 13.0. The van der Waals surface area contributed by atoms with E-state index in [9.17, 15) is 9.59 Å². The lowest BCUT2D eigenvalue weighted by atomic mass is 9.75. The van der Waals surface area contributed by atoms with Gasteiger partial charge in [-0.1, -0.05) is 85.5 Å². The summed E-state index contributed by atoms with van der Waals surface area (Å²) >= 11 is 0. The van der Waals surface area contributed by atoms with Crippen molar-refractivity contribution in [2.45, 2.75) is 124 Å². The summed E-state index contributed by atoms with van der Waals surface area (Å²) in [5.74, 6) is 1.44. The number of quaternary nitrogens is 1. The molecule has 0 spiro atoms. The van der Waals surface area contributed by atoms with E-state index >= 15 is 0 Å². The van der Waals surface area contributed by atoms with Crippen molar-refractivity contribution >= 4 is 11.9 Å². The lowest BCUT2D eigenvalue weighted by molar-refractivity contribution is -0.858. The molecule has 1 amide bonds. The third-order valence-electron chi connectivity index (χ3n) is 7.52. The topological polar surface area (TPSA) is 51.1 Å². The fourth-order valence-corrected chi connectivity index (χ4v) is 5.27. The van der Waals surface area contributed by atoms with Crippen molar-refractivity contribution in [3.05, 3.63) is 0 Å². The standard InChI is InChI=1S/C29H56N2O3.ClH/c1-7-8-9-10-11-12-13-14-15-17-28(32)31(21-16-20-30(5)6)23-29(33)34-27-22-25(4)18-19-26(27)24(2)3;/h24-27H,7-23H2,1-6H3;1H/t25-,26+,27-;/m0./s1. The Morgan fingerprint density at radius 1 is 0.943 bits per heavy atom. The van der Waals surface area contributed by atoms with Gasteiger partial charge in [0, 0.05) is 19.4 Å². The van der Waals surface area contributed by atoms with Crippen molar-refractivity contribution in [1.82, 2.24) is 4.90 Å². The van der Waals surface area contributed by atoms with Crippen molar-refractivity contribution in [2.75, 3.05) is 33.7 Å². The Labute approximate surface area is 223 Å². The van der Waals surface area contributed by atoms with Gasteiger partial charge in [0.15, 0.2) is 0 Å². The van der Waals surface area contributed by atoms with Gasteiger partial charge in [-0.15, -0.1) is 0 Å². The van der Waals surface area contributed by atoms with E-state index in [0.29, 0.717) is 30.7 Å². The van der Waals surface area contributed by atoms with Crippen LogP contribution >= 0.6 is 0 Å². The minimum Gasteiger partial charge on any atom is -1.00 e. The average Bonchev–Trinajstić information content (AvgIpc) is 2.76. The van der Waals surface area contributed by atoms with Crippen LogP contribution < -0.4 is 17.3 Å². The molecule has 0 aromatic rings. The van der Waals surface area contributed by atoms with E-state index < -0.39 is 0 Å². The summed E-state index contributed by atoms with van der Waals surface area (Å²) in [7, 11) is 4.25. The fraction of sp³-hybridized carbons (Fsp3) is 0.931. The predicted octanol–water partition coefficient (Wildman–Crippen LogP) is 2.28. The predicted molar refractivity (Wildman–Crippen MR) is 142 cm³/mol. The summed E-state index contributed by atoms with van der Waals surface area (Å²) in [4.78, 5) is 29.0. The van der Waals surface area contributed by atoms with Crippen LogP contribution in [0.4, 0.5) is 0 Å². The van der Waals surface area contributed by atoms with E-state index in [0.717, 1.165) is 38.6 Å². The average molecular weight is 517 g/mol. The fourth-order valence-electron chi connectivity index (χ4n) is 5.27. The number of nitrogens with one attached hydrogen (secondary N) is 1. The molecule has 1 saturated carbocycles. The smallest absolute Gasteiger partial charge is 0.325 e. The lowest BCUT2D eigenvalue weighted by Gasteiger charge is -2.37. The molecule has 0 aliphatic heterocycles. The van der Waals surface area contributed by atoms with E-state index in [2.05, 4.69) is 41.8 Å². The minimum atomic E-state index is -0.220. The number of amides is 1. The van der Waals surface area contributed by atoms with Gasteiger partial charge in [-0.25, -0.2) is 0 Å². The molecule has 1 N–H and O–H groups in total. The molecule has 0 unspecified atom stereocenters. The van der Waals surface area contributed by atoms with Crippen LogP contribution in [0.5, 0.6) is 0 Å². The highest BCUT2D eigenvalue weighted by molar-refractivity contribution is 5.82. The summed E-state index contributed by atoms with van der Waals surface area (Å²) < 4.78 is 6.00. The van der Waals surface area contributed by atoms with Gasteiger partial charge in [0.2, 0.25) is 5.91 Å². The number of hydrogen-bond acceptors (Lipinski definition) is 3. The molecule has 6 heteroatoms. The second-order valence-electron chi connectivity index (χ2n) is 11.6. The molecule has 35 heavy (non-hydrogen) atoms. The second kappa shape index (κ2) is 20.3. The van der Waals surface area contributed by atoms with Gasteiger partial charge in [-0.05, 0) is 37.0 Å². The Kier molecular flexibility index (Phi) is 19.8. The molecule has 5 nitrogen and oxygen atoms in total. The molecular weight excluding hydrogens is 460 g/mol. The molecule has 0 radical (unpaired) electrons. The summed E-state index contributed by atoms with van der Waals surface area (Å²) in [6.45, 7) is 10.7. The highest BCUT2D eigenvalue weighted by Gasteiger charge is 2.33. The number of carbonyl (C=O) groups is 2. The first-order chi connectivity index (χ1) is 16.2. The van der Waals surface area contributed by atoms with Gasteiger partial charge in [-0.3, -0.25) is 9.59 Å². The monoisotopic (exact) mass is 516 g/mol. The third-order valence-corrected chi connectivity index (χ3v) is 7.52. The van der Waals surface area contributed by atoms with Crippen molar-refractivity contribution < 1.29 is 31.6 Å². The van der Waals surface area contributed by atoms with Gasteiger partial charge in [0.1, 0.15) is 12.6 Å². The van der Waals surface area contributed by atoms with Crippen LogP contribution in [0, 0.1) is 17.8 Å². The van der Waals surface area contributed by atoms with Crippen molar-refractivity contribution in [2.24, 2.45) is 17.8 Å². The van der Waals surface area contributed by atoms with E-state index in [1.54, 1.807) is 4.90 Å². The molecule has 208 valence electrons. The van der Waals surface area contributed by atoms with Crippen LogP contribution in [0.15, 0.2) is 0 Å². The molecule has 1 aliphatic carbocycles. The van der Waals surface area contributed by atoms with Gasteiger partial charge in [0.05, 0.1) is 20.6 Å². The maximum atomic E-state index is 13.0. The molecule has 1 fully saturated rings. The van der Waals surface area contributed by atoms with E-state index in [1.165, 1.54) is 56.3 Å². The molecule has 1 rings (SSSR count). The quantitative estimate of drug-likeness (QED) is 0.224. The number of hydrogen-bond donors (Lipinski definition) is 1. The largest absolute Gasteiger partial charge is 1.00 e. The minimum absolute atomic E-state index is 0. The van der Waals surface area contributed by atoms with Gasteiger partial charge in [0.25, 0.3) is 0 Å². The van der Waals surface area contributed by atoms with Crippen LogP contribution in [0.2, 0.25) is 0 Å². The summed E-state index contributed by atoms with van der Waals surface area (Å²) in [6, 6.07) is 0. The number of esters is 1. The Hall–Kier alpha value is -0.810. The Balaban J connectivity index is 0.0000116. The maximum Gasteiger partial charge on any atom is 0.325 e. The van der Waals surface area contributed by atoms with Crippen molar-refractivity contribution in [3.63, 3.8) is 0 Å². The lowest BCUT2D eigenvalue weighted by Crippen LogP contribution is -3.05. The molecule has 0 aromatic heterocycles. The van der Waals surface area contributed by atoms with Crippen LogP contribution in [0.25, 0.3) is 0 Å². The highest BCUT2D eigenvalue weighted by Crippen LogP contribution is 2.35. The van der Waals surface area contributed by atoms with E-state index in [4.69, 9.17) is 4.74 Å². The molecule has 0 saturated heterocycles. The van der Waals surface area contributed by atoms with Crippen molar-refractivity contribution in [1.29, 1.82) is 0 Å². The third kappa shape index (κ3) is 15.8. The van der Waals surface area contributed by atoms with Gasteiger partial charge >= 0.3 is 5.97 Å². The zero-order valence-corrected chi connectivity index (χ0v) is 24.6. The summed E-state index contributed by atoms with van der Waals surface area (Å²) in [5, 5.41) is 0. The van der Waals surface area contributed by atoms with Crippen LogP contribution in [0.3, 0.4) is 0 Å². The van der Waals surface area contributed by atoms with E-state index in [1.807, 2.05) is 0 Å². The zero-order chi connectivity index (χ0) is 25.3. The first kappa shape index (κ1) is 34.2. The van der Waals surface area contributed by atoms with Crippen molar-refractivity contribution in [3.8, 4) is 0 Å². The highest BCUT2D eigenvalue weighted by atomic mass is 35.5. The number of ether oxygens (including phenoxy) is 1. The van der Waals surface area contributed by atoms with Gasteiger partial charge in [-0.2, -0.15) is 0 Å². The Bertz CT molecular complexity index is 556. The molecule has 0 bridgehead atoms. The van der Waals surface area contributed by atoms with Gasteiger partial charge < -0.3 is 26.9 Å². The number of rotatable bonds is 18. The molecule has 3 atom stereocenters. The first-order valence-electron chi connectivity index (χ1n) is 14.5. The normalized spacial score (nSPS) is 20.1. The molecule has 0 aromatic carbocycles. The summed E-state index contributed by atoms with van der Waals surface area (Å²) in [6.07, 6.45) is 15.9. The van der Waals surface area contributed by atoms with Crippen LogP contribution in [-0.2, 0) is 14.3 Å². The first-order valence-corrected chi connectivity index (χ1v) is 14.5. The summed E-state index contributed by atoms with van der Waals surface area (Å²) in [5.41, 5.74) is 0. The molecular formula is C29H57ClN2O3. The number of carbonyl (C=O) groups excluding carboxylic acids is 2. The van der Waals surface area contributed by atoms with Crippen LogP contribution in [-0.4, -0.2) is 56.6 Å². The SMILES string of the molecule is CCCCCCCCCCCC(=O)N(CCC[NH+](C)C)CC(=O)O[C@H]1C[C@@H](C)CC[C@@H]1C(C)C.[Cl-]. The van der Waals surface area contributed by atoms with E-state index in [-0.39, 0.29) is 36.9 Å². The molecule has 1 aliphatic rings.